The molecule has 0 bridgehead atoms. The van der Waals surface area contributed by atoms with Gasteiger partial charge in [0.05, 0.1) is 11.6 Å². The fourth-order valence-corrected chi connectivity index (χ4v) is 4.26. The molecular formula is C26H26F3N3O2. The molecule has 3 aromatic rings. The average Bonchev–Trinajstić information content (AvgIpc) is 3.30. The van der Waals surface area contributed by atoms with E-state index in [1.165, 1.54) is 12.1 Å². The summed E-state index contributed by atoms with van der Waals surface area (Å²) >= 11 is 0. The lowest BCUT2D eigenvalue weighted by Crippen LogP contribution is -2.42. The number of amides is 2. The Morgan fingerprint density at radius 2 is 1.76 bits per heavy atom. The van der Waals surface area contributed by atoms with Crippen LogP contribution in [0, 0.1) is 6.92 Å². The van der Waals surface area contributed by atoms with Crippen LogP contribution in [0.3, 0.4) is 0 Å². The molecule has 1 atom stereocenters. The summed E-state index contributed by atoms with van der Waals surface area (Å²) < 4.78 is 40.7. The first kappa shape index (κ1) is 23.6. The van der Waals surface area contributed by atoms with Crippen LogP contribution in [-0.4, -0.2) is 27.8 Å². The first-order valence-electron chi connectivity index (χ1n) is 11.2. The average molecular weight is 470 g/mol. The zero-order valence-electron chi connectivity index (χ0n) is 18.8. The fraction of sp³-hybridized carbons (Fsp3) is 0.308. The molecular weight excluding hydrogens is 443 g/mol. The van der Waals surface area contributed by atoms with E-state index in [2.05, 4.69) is 9.88 Å². The quantitative estimate of drug-likeness (QED) is 0.562. The molecule has 0 aliphatic carbocycles. The molecule has 4 rings (SSSR count). The summed E-state index contributed by atoms with van der Waals surface area (Å²) in [7, 11) is 0. The Kier molecular flexibility index (Phi) is 6.77. The minimum atomic E-state index is -4.44. The Bertz CT molecular complexity index is 1170. The van der Waals surface area contributed by atoms with Crippen LogP contribution < -0.4 is 5.32 Å². The first-order valence-corrected chi connectivity index (χ1v) is 11.2. The summed E-state index contributed by atoms with van der Waals surface area (Å²) in [6.07, 6.45) is -2.44. The molecule has 0 fully saturated rings. The van der Waals surface area contributed by atoms with Gasteiger partial charge in [0.15, 0.2) is 0 Å². The van der Waals surface area contributed by atoms with Gasteiger partial charge < -0.3 is 14.8 Å². The van der Waals surface area contributed by atoms with Crippen LogP contribution in [0.2, 0.25) is 0 Å². The maximum Gasteiger partial charge on any atom is 0.416 e. The number of rotatable bonds is 6. The highest BCUT2D eigenvalue weighted by Gasteiger charge is 2.32. The van der Waals surface area contributed by atoms with Crippen LogP contribution in [0.15, 0.2) is 66.9 Å². The highest BCUT2D eigenvalue weighted by molar-refractivity contribution is 5.84. The predicted molar refractivity (Wildman–Crippen MR) is 122 cm³/mol. The molecule has 5 nitrogen and oxygen atoms in total. The Balaban J connectivity index is 1.38. The summed E-state index contributed by atoms with van der Waals surface area (Å²) in [5.41, 5.74) is 2.76. The summed E-state index contributed by atoms with van der Waals surface area (Å²) in [5, 5.41) is 2.62. The molecule has 0 saturated carbocycles. The number of carbonyl (C=O) groups excluding carboxylic acids is 2. The third-order valence-electron chi connectivity index (χ3n) is 6.06. The van der Waals surface area contributed by atoms with Crippen molar-refractivity contribution in [1.82, 2.24) is 14.8 Å². The van der Waals surface area contributed by atoms with Crippen LogP contribution >= 0.6 is 0 Å². The second-order valence-electron chi connectivity index (χ2n) is 8.50. The number of carbonyl (C=O) groups is 2. The predicted octanol–water partition coefficient (Wildman–Crippen LogP) is 4.84. The van der Waals surface area contributed by atoms with E-state index in [4.69, 9.17) is 0 Å². The SMILES string of the molecule is Cc1ccc([C@H]2c3cccn3CCN2C(=O)CCC(=O)NCc2cccc(C(F)(F)F)c2)cc1. The zero-order chi connectivity index (χ0) is 24.3. The fourth-order valence-electron chi connectivity index (χ4n) is 4.26. The molecule has 178 valence electrons. The molecule has 0 spiro atoms. The van der Waals surface area contributed by atoms with Crippen molar-refractivity contribution in [3.05, 3.63) is 94.8 Å². The lowest BCUT2D eigenvalue weighted by molar-refractivity contribution is -0.137. The zero-order valence-corrected chi connectivity index (χ0v) is 18.8. The lowest BCUT2D eigenvalue weighted by Gasteiger charge is -2.37. The largest absolute Gasteiger partial charge is 0.416 e. The highest BCUT2D eigenvalue weighted by Crippen LogP contribution is 2.33. The minimum Gasteiger partial charge on any atom is -0.352 e. The molecule has 2 aromatic carbocycles. The molecule has 1 aromatic heterocycles. The summed E-state index contributed by atoms with van der Waals surface area (Å²) in [5.74, 6) is -0.509. The van der Waals surface area contributed by atoms with Gasteiger partial charge in [-0.3, -0.25) is 9.59 Å². The standard InChI is InChI=1S/C26H26F3N3O2/c1-18-7-9-20(10-8-18)25-22-6-3-13-31(22)14-15-32(25)24(34)12-11-23(33)30-17-19-4-2-5-21(16-19)26(27,28)29/h2-10,13,16,25H,11-12,14-15,17H2,1H3,(H,30,33)/t25-/m0/s1. The molecule has 1 N–H and O–H groups in total. The van der Waals surface area contributed by atoms with Gasteiger partial charge in [0.2, 0.25) is 11.8 Å². The maximum atomic E-state index is 13.1. The number of nitrogens with zero attached hydrogens (tertiary/aromatic N) is 2. The van der Waals surface area contributed by atoms with Crippen molar-refractivity contribution in [3.63, 3.8) is 0 Å². The lowest BCUT2D eigenvalue weighted by atomic mass is 9.98. The molecule has 2 amide bonds. The van der Waals surface area contributed by atoms with Gasteiger partial charge in [-0.1, -0.05) is 42.0 Å². The van der Waals surface area contributed by atoms with Gasteiger partial charge in [-0.05, 0) is 42.3 Å². The van der Waals surface area contributed by atoms with Crippen molar-refractivity contribution in [2.24, 2.45) is 0 Å². The number of hydrogen-bond donors (Lipinski definition) is 1. The van der Waals surface area contributed by atoms with Crippen molar-refractivity contribution in [2.75, 3.05) is 6.54 Å². The van der Waals surface area contributed by atoms with Gasteiger partial charge >= 0.3 is 6.18 Å². The molecule has 2 heterocycles. The van der Waals surface area contributed by atoms with Gasteiger partial charge in [-0.25, -0.2) is 0 Å². The Morgan fingerprint density at radius 3 is 2.50 bits per heavy atom. The summed E-state index contributed by atoms with van der Waals surface area (Å²) in [4.78, 5) is 27.3. The van der Waals surface area contributed by atoms with Crippen LogP contribution in [0.5, 0.6) is 0 Å². The van der Waals surface area contributed by atoms with Crippen LogP contribution in [0.25, 0.3) is 0 Å². The van der Waals surface area contributed by atoms with E-state index in [0.717, 1.165) is 29.0 Å². The smallest absolute Gasteiger partial charge is 0.352 e. The molecule has 8 heteroatoms. The van der Waals surface area contributed by atoms with Crippen molar-refractivity contribution < 1.29 is 22.8 Å². The highest BCUT2D eigenvalue weighted by atomic mass is 19.4. The van der Waals surface area contributed by atoms with Crippen molar-refractivity contribution >= 4 is 11.8 Å². The van der Waals surface area contributed by atoms with E-state index in [9.17, 15) is 22.8 Å². The normalized spacial score (nSPS) is 15.6. The molecule has 0 unspecified atom stereocenters. The molecule has 1 aliphatic rings. The van der Waals surface area contributed by atoms with E-state index in [-0.39, 0.29) is 37.2 Å². The second kappa shape index (κ2) is 9.75. The van der Waals surface area contributed by atoms with Gasteiger partial charge in [-0.2, -0.15) is 13.2 Å². The number of aryl methyl sites for hydroxylation is 1. The maximum absolute atomic E-state index is 13.1. The van der Waals surface area contributed by atoms with Gasteiger partial charge in [0, 0.05) is 44.4 Å². The Labute approximate surface area is 196 Å². The molecule has 0 saturated heterocycles. The summed E-state index contributed by atoms with van der Waals surface area (Å²) in [6.45, 7) is 3.19. The van der Waals surface area contributed by atoms with Crippen molar-refractivity contribution in [2.45, 2.75) is 45.1 Å². The van der Waals surface area contributed by atoms with E-state index >= 15 is 0 Å². The third kappa shape index (κ3) is 5.32. The third-order valence-corrected chi connectivity index (χ3v) is 6.06. The number of fused-ring (bicyclic) bond motifs is 1. The number of halogens is 3. The van der Waals surface area contributed by atoms with E-state index in [0.29, 0.717) is 18.7 Å². The second-order valence-corrected chi connectivity index (χ2v) is 8.50. The topological polar surface area (TPSA) is 54.3 Å². The molecule has 34 heavy (non-hydrogen) atoms. The molecule has 1 aliphatic heterocycles. The van der Waals surface area contributed by atoms with E-state index < -0.39 is 11.7 Å². The summed E-state index contributed by atoms with van der Waals surface area (Å²) in [6, 6.07) is 16.6. The first-order chi connectivity index (χ1) is 16.2. The van der Waals surface area contributed by atoms with Crippen molar-refractivity contribution in [1.29, 1.82) is 0 Å². The number of aromatic nitrogens is 1. The molecule has 0 radical (unpaired) electrons. The van der Waals surface area contributed by atoms with E-state index in [1.54, 1.807) is 4.90 Å². The number of nitrogens with one attached hydrogen (secondary N) is 1. The Hall–Kier alpha value is -3.55. The number of alkyl halides is 3. The van der Waals surface area contributed by atoms with Crippen LogP contribution in [0.1, 0.15) is 46.8 Å². The number of hydrogen-bond acceptors (Lipinski definition) is 2. The Morgan fingerprint density at radius 1 is 1.00 bits per heavy atom. The van der Waals surface area contributed by atoms with Gasteiger partial charge in [0.25, 0.3) is 0 Å². The van der Waals surface area contributed by atoms with Gasteiger partial charge in [0.1, 0.15) is 0 Å². The minimum absolute atomic E-state index is 0.0253. The van der Waals surface area contributed by atoms with Gasteiger partial charge in [-0.15, -0.1) is 0 Å². The van der Waals surface area contributed by atoms with Crippen LogP contribution in [-0.2, 0) is 28.9 Å². The number of benzene rings is 2. The van der Waals surface area contributed by atoms with Crippen molar-refractivity contribution in [3.8, 4) is 0 Å². The monoisotopic (exact) mass is 469 g/mol. The van der Waals surface area contributed by atoms with Crippen LogP contribution in [0.4, 0.5) is 13.2 Å². The van der Waals surface area contributed by atoms with E-state index in [1.807, 2.05) is 49.5 Å².